The smallest absolute Gasteiger partial charge is 0.0700 e. The Morgan fingerprint density at radius 3 is 2.75 bits per heavy atom. The van der Waals surface area contributed by atoms with Crippen LogP contribution in [0.25, 0.3) is 0 Å². The summed E-state index contributed by atoms with van der Waals surface area (Å²) in [5, 5.41) is 3.65. The van der Waals surface area contributed by atoms with Crippen molar-refractivity contribution in [1.29, 1.82) is 0 Å². The summed E-state index contributed by atoms with van der Waals surface area (Å²) >= 11 is 0. The lowest BCUT2D eigenvalue weighted by Crippen LogP contribution is -2.41. The fourth-order valence-corrected chi connectivity index (χ4v) is 2.34. The van der Waals surface area contributed by atoms with Gasteiger partial charge in [0.05, 0.1) is 6.10 Å². The van der Waals surface area contributed by atoms with E-state index in [1.165, 1.54) is 5.56 Å². The molecule has 0 radical (unpaired) electrons. The van der Waals surface area contributed by atoms with Crippen molar-refractivity contribution in [2.75, 3.05) is 6.61 Å². The van der Waals surface area contributed by atoms with E-state index in [0.29, 0.717) is 18.2 Å². The average molecular weight is 219 g/mol. The van der Waals surface area contributed by atoms with Gasteiger partial charge in [0.15, 0.2) is 0 Å². The number of rotatable bonds is 4. The van der Waals surface area contributed by atoms with E-state index in [1.54, 1.807) is 0 Å². The van der Waals surface area contributed by atoms with Crippen molar-refractivity contribution in [3.8, 4) is 0 Å². The number of ether oxygens (including phenoxy) is 1. The molecule has 3 atom stereocenters. The van der Waals surface area contributed by atoms with Crippen LogP contribution in [0.5, 0.6) is 0 Å². The molecule has 3 unspecified atom stereocenters. The van der Waals surface area contributed by atoms with Gasteiger partial charge in [-0.25, -0.2) is 0 Å². The van der Waals surface area contributed by atoms with Gasteiger partial charge in [-0.1, -0.05) is 30.3 Å². The number of benzene rings is 1. The molecule has 1 aromatic rings. The quantitative estimate of drug-likeness (QED) is 0.839. The van der Waals surface area contributed by atoms with Crippen molar-refractivity contribution in [3.63, 3.8) is 0 Å². The number of hydrogen-bond acceptors (Lipinski definition) is 2. The van der Waals surface area contributed by atoms with Crippen LogP contribution in [0.15, 0.2) is 30.3 Å². The molecule has 1 aliphatic rings. The zero-order valence-corrected chi connectivity index (χ0v) is 10.1. The summed E-state index contributed by atoms with van der Waals surface area (Å²) < 4.78 is 5.55. The van der Waals surface area contributed by atoms with Crippen LogP contribution in [0.2, 0.25) is 0 Å². The highest BCUT2D eigenvalue weighted by molar-refractivity contribution is 5.15. The van der Waals surface area contributed by atoms with E-state index >= 15 is 0 Å². The van der Waals surface area contributed by atoms with Crippen LogP contribution in [0.4, 0.5) is 0 Å². The third-order valence-corrected chi connectivity index (χ3v) is 3.26. The fourth-order valence-electron chi connectivity index (χ4n) is 2.34. The van der Waals surface area contributed by atoms with Gasteiger partial charge in [0.25, 0.3) is 0 Å². The maximum atomic E-state index is 5.55. The van der Waals surface area contributed by atoms with Gasteiger partial charge in [-0.15, -0.1) is 0 Å². The Morgan fingerprint density at radius 2 is 2.12 bits per heavy atom. The van der Waals surface area contributed by atoms with E-state index < -0.39 is 0 Å². The molecule has 1 fully saturated rings. The van der Waals surface area contributed by atoms with Crippen LogP contribution in [0.3, 0.4) is 0 Å². The standard InChI is InChI=1S/C14H21NO/c1-11(10-13-6-4-3-5-7-13)15-14-8-9-16-12(14)2/h3-7,11-12,14-15H,8-10H2,1-2H3. The Balaban J connectivity index is 1.82. The predicted molar refractivity (Wildman–Crippen MR) is 66.6 cm³/mol. The molecule has 0 amide bonds. The lowest BCUT2D eigenvalue weighted by atomic mass is 10.0. The monoisotopic (exact) mass is 219 g/mol. The Kier molecular flexibility index (Phi) is 3.97. The molecule has 88 valence electrons. The number of hydrogen-bond donors (Lipinski definition) is 1. The summed E-state index contributed by atoms with van der Waals surface area (Å²) in [6.07, 6.45) is 2.59. The zero-order chi connectivity index (χ0) is 11.4. The molecule has 1 heterocycles. The average Bonchev–Trinajstić information content (AvgIpc) is 2.66. The van der Waals surface area contributed by atoms with Gasteiger partial charge in [-0.2, -0.15) is 0 Å². The molecule has 0 aliphatic carbocycles. The van der Waals surface area contributed by atoms with E-state index in [4.69, 9.17) is 4.74 Å². The minimum atomic E-state index is 0.359. The minimum absolute atomic E-state index is 0.359. The maximum Gasteiger partial charge on any atom is 0.0700 e. The normalized spacial score (nSPS) is 26.9. The second kappa shape index (κ2) is 5.46. The summed E-state index contributed by atoms with van der Waals surface area (Å²) in [6, 6.07) is 11.7. The molecular formula is C14H21NO. The highest BCUT2D eigenvalue weighted by Gasteiger charge is 2.24. The van der Waals surface area contributed by atoms with Gasteiger partial charge in [0.1, 0.15) is 0 Å². The molecule has 0 aromatic heterocycles. The van der Waals surface area contributed by atoms with Crippen molar-refractivity contribution in [1.82, 2.24) is 5.32 Å². The lowest BCUT2D eigenvalue weighted by Gasteiger charge is -2.21. The molecule has 0 spiro atoms. The SMILES string of the molecule is CC(Cc1ccccc1)NC1CCOC1C. The minimum Gasteiger partial charge on any atom is -0.377 e. The van der Waals surface area contributed by atoms with Crippen LogP contribution >= 0.6 is 0 Å². The summed E-state index contributed by atoms with van der Waals surface area (Å²) in [5.41, 5.74) is 1.40. The molecule has 16 heavy (non-hydrogen) atoms. The molecule has 2 nitrogen and oxygen atoms in total. The van der Waals surface area contributed by atoms with E-state index in [1.807, 2.05) is 0 Å². The van der Waals surface area contributed by atoms with Gasteiger partial charge in [0, 0.05) is 18.7 Å². The zero-order valence-electron chi connectivity index (χ0n) is 10.1. The van der Waals surface area contributed by atoms with E-state index in [-0.39, 0.29) is 0 Å². The predicted octanol–water partition coefficient (Wildman–Crippen LogP) is 2.38. The first kappa shape index (κ1) is 11.6. The van der Waals surface area contributed by atoms with Crippen molar-refractivity contribution in [2.24, 2.45) is 0 Å². The van der Waals surface area contributed by atoms with Gasteiger partial charge < -0.3 is 10.1 Å². The van der Waals surface area contributed by atoms with Crippen molar-refractivity contribution in [3.05, 3.63) is 35.9 Å². The van der Waals surface area contributed by atoms with Crippen LogP contribution in [-0.2, 0) is 11.2 Å². The largest absolute Gasteiger partial charge is 0.377 e. The van der Waals surface area contributed by atoms with Gasteiger partial charge in [0.2, 0.25) is 0 Å². The highest BCUT2D eigenvalue weighted by atomic mass is 16.5. The lowest BCUT2D eigenvalue weighted by molar-refractivity contribution is 0.111. The van der Waals surface area contributed by atoms with Crippen LogP contribution in [0.1, 0.15) is 25.8 Å². The summed E-state index contributed by atoms with van der Waals surface area (Å²) in [5.74, 6) is 0. The highest BCUT2D eigenvalue weighted by Crippen LogP contribution is 2.14. The van der Waals surface area contributed by atoms with Crippen LogP contribution < -0.4 is 5.32 Å². The maximum absolute atomic E-state index is 5.55. The Labute approximate surface area is 98.0 Å². The second-order valence-corrected chi connectivity index (χ2v) is 4.73. The Hall–Kier alpha value is -0.860. The first-order chi connectivity index (χ1) is 7.75. The summed E-state index contributed by atoms with van der Waals surface area (Å²) in [7, 11) is 0. The van der Waals surface area contributed by atoms with E-state index in [0.717, 1.165) is 19.4 Å². The molecule has 1 aromatic carbocycles. The third kappa shape index (κ3) is 3.06. The third-order valence-electron chi connectivity index (χ3n) is 3.26. The van der Waals surface area contributed by atoms with Gasteiger partial charge in [-0.05, 0) is 32.3 Å². The first-order valence-electron chi connectivity index (χ1n) is 6.17. The molecule has 1 N–H and O–H groups in total. The molecule has 1 aliphatic heterocycles. The van der Waals surface area contributed by atoms with Gasteiger partial charge in [-0.3, -0.25) is 0 Å². The Morgan fingerprint density at radius 1 is 1.38 bits per heavy atom. The Bertz CT molecular complexity index is 312. The van der Waals surface area contributed by atoms with Crippen molar-refractivity contribution >= 4 is 0 Å². The molecular weight excluding hydrogens is 198 g/mol. The molecule has 2 heteroatoms. The van der Waals surface area contributed by atoms with Gasteiger partial charge >= 0.3 is 0 Å². The summed E-state index contributed by atoms with van der Waals surface area (Å²) in [6.45, 7) is 5.30. The first-order valence-corrected chi connectivity index (χ1v) is 6.17. The van der Waals surface area contributed by atoms with Crippen molar-refractivity contribution < 1.29 is 4.74 Å². The number of nitrogens with one attached hydrogen (secondary N) is 1. The van der Waals surface area contributed by atoms with Crippen LogP contribution in [0, 0.1) is 0 Å². The van der Waals surface area contributed by atoms with E-state index in [9.17, 15) is 0 Å². The molecule has 2 rings (SSSR count). The van der Waals surface area contributed by atoms with Crippen LogP contribution in [-0.4, -0.2) is 24.8 Å². The molecule has 0 saturated carbocycles. The van der Waals surface area contributed by atoms with Crippen molar-refractivity contribution in [2.45, 2.75) is 44.9 Å². The summed E-state index contributed by atoms with van der Waals surface area (Å²) in [4.78, 5) is 0. The molecule has 0 bridgehead atoms. The molecule has 1 saturated heterocycles. The second-order valence-electron chi connectivity index (χ2n) is 4.73. The topological polar surface area (TPSA) is 21.3 Å². The fraction of sp³-hybridized carbons (Fsp3) is 0.571. The van der Waals surface area contributed by atoms with E-state index in [2.05, 4.69) is 49.5 Å².